The quantitative estimate of drug-likeness (QED) is 0.663. The molecule has 1 N–H and O–H groups in total. The van der Waals surface area contributed by atoms with Crippen LogP contribution in [0.3, 0.4) is 0 Å². The first kappa shape index (κ1) is 19.5. The molecule has 2 amide bonds. The minimum absolute atomic E-state index is 0.0879. The fourth-order valence-electron chi connectivity index (χ4n) is 2.94. The first-order valence-corrected chi connectivity index (χ1v) is 9.57. The van der Waals surface area contributed by atoms with Gasteiger partial charge in [0.05, 0.1) is 23.0 Å². The Morgan fingerprint density at radius 1 is 1.19 bits per heavy atom. The molecule has 142 valence electrons. The average molecular weight is 407 g/mol. The fourth-order valence-corrected chi connectivity index (χ4v) is 3.40. The first-order valence-electron chi connectivity index (χ1n) is 8.81. The Hall–Kier alpha value is -2.24. The summed E-state index contributed by atoms with van der Waals surface area (Å²) in [7, 11) is 0. The molecule has 1 aliphatic heterocycles. The summed E-state index contributed by atoms with van der Waals surface area (Å²) in [6.07, 6.45) is 2.22. The number of ether oxygens (including phenoxy) is 1. The van der Waals surface area contributed by atoms with Crippen molar-refractivity contribution >= 4 is 46.4 Å². The summed E-state index contributed by atoms with van der Waals surface area (Å²) in [6.45, 7) is 1.04. The molecule has 1 heterocycles. The number of amides is 2. The molecule has 0 atom stereocenters. The number of anilines is 2. The van der Waals surface area contributed by atoms with Crippen LogP contribution in [0, 0.1) is 0 Å². The number of carbonyl (C=O) groups excluding carboxylic acids is 2. The highest BCUT2D eigenvalue weighted by Crippen LogP contribution is 2.30. The lowest BCUT2D eigenvalue weighted by atomic mass is 10.2. The molecule has 1 saturated heterocycles. The lowest BCUT2D eigenvalue weighted by Crippen LogP contribution is -2.25. The van der Waals surface area contributed by atoms with Crippen LogP contribution in [0.1, 0.15) is 25.7 Å². The number of nitrogens with zero attached hydrogens (tertiary/aromatic N) is 1. The molecule has 1 fully saturated rings. The van der Waals surface area contributed by atoms with Crippen molar-refractivity contribution in [2.75, 3.05) is 23.4 Å². The van der Waals surface area contributed by atoms with Crippen molar-refractivity contribution < 1.29 is 14.3 Å². The SMILES string of the molecule is O=C(CCCOc1ccc(Cl)cc1Cl)Nc1ccccc1N1CCCC1=O. The van der Waals surface area contributed by atoms with Crippen molar-refractivity contribution in [3.8, 4) is 5.75 Å². The van der Waals surface area contributed by atoms with E-state index < -0.39 is 0 Å². The van der Waals surface area contributed by atoms with Gasteiger partial charge in [0.15, 0.2) is 0 Å². The van der Waals surface area contributed by atoms with E-state index in [9.17, 15) is 9.59 Å². The second kappa shape index (κ2) is 9.11. The van der Waals surface area contributed by atoms with E-state index in [1.165, 1.54) is 0 Å². The number of hydrogen-bond acceptors (Lipinski definition) is 3. The van der Waals surface area contributed by atoms with Gasteiger partial charge in [-0.2, -0.15) is 0 Å². The summed E-state index contributed by atoms with van der Waals surface area (Å²) in [5, 5.41) is 3.88. The van der Waals surface area contributed by atoms with E-state index in [1.807, 2.05) is 24.3 Å². The van der Waals surface area contributed by atoms with E-state index >= 15 is 0 Å². The molecule has 3 rings (SSSR count). The van der Waals surface area contributed by atoms with E-state index in [4.69, 9.17) is 27.9 Å². The maximum atomic E-state index is 12.3. The third-order valence-electron chi connectivity index (χ3n) is 4.24. The van der Waals surface area contributed by atoms with Crippen LogP contribution >= 0.6 is 23.2 Å². The molecule has 0 aliphatic carbocycles. The number of rotatable bonds is 7. The van der Waals surface area contributed by atoms with Crippen molar-refractivity contribution in [1.29, 1.82) is 0 Å². The third-order valence-corrected chi connectivity index (χ3v) is 4.77. The molecule has 5 nitrogen and oxygen atoms in total. The molecule has 7 heteroatoms. The Labute approximate surface area is 168 Å². The Balaban J connectivity index is 1.50. The Kier molecular flexibility index (Phi) is 6.58. The lowest BCUT2D eigenvalue weighted by molar-refractivity contribution is -0.117. The molecule has 1 aliphatic rings. The molecule has 0 aromatic heterocycles. The molecular weight excluding hydrogens is 387 g/mol. The van der Waals surface area contributed by atoms with Gasteiger partial charge in [0.1, 0.15) is 5.75 Å². The Morgan fingerprint density at radius 3 is 2.74 bits per heavy atom. The van der Waals surface area contributed by atoms with Crippen molar-refractivity contribution in [3.63, 3.8) is 0 Å². The minimum Gasteiger partial charge on any atom is -0.492 e. The average Bonchev–Trinajstić information content (AvgIpc) is 3.06. The van der Waals surface area contributed by atoms with Crippen LogP contribution in [0.4, 0.5) is 11.4 Å². The van der Waals surface area contributed by atoms with Crippen LogP contribution in [0.5, 0.6) is 5.75 Å². The zero-order chi connectivity index (χ0) is 19.2. The summed E-state index contributed by atoms with van der Waals surface area (Å²) in [4.78, 5) is 26.0. The standard InChI is InChI=1S/C20H20Cl2N2O3/c21-14-9-10-18(15(22)13-14)27-12-4-7-19(25)23-16-5-1-2-6-17(16)24-11-3-8-20(24)26/h1-2,5-6,9-10,13H,3-4,7-8,11-12H2,(H,23,25). The maximum absolute atomic E-state index is 12.3. The van der Waals surface area contributed by atoms with Gasteiger partial charge in [-0.15, -0.1) is 0 Å². The monoisotopic (exact) mass is 406 g/mol. The van der Waals surface area contributed by atoms with Crippen LogP contribution in [0.2, 0.25) is 10.0 Å². The number of nitrogens with one attached hydrogen (secondary N) is 1. The molecule has 0 saturated carbocycles. The number of halogens is 2. The fraction of sp³-hybridized carbons (Fsp3) is 0.300. The highest BCUT2D eigenvalue weighted by Gasteiger charge is 2.24. The largest absolute Gasteiger partial charge is 0.492 e. The summed E-state index contributed by atoms with van der Waals surface area (Å²) in [6, 6.07) is 12.4. The summed E-state index contributed by atoms with van der Waals surface area (Å²) < 4.78 is 5.59. The van der Waals surface area contributed by atoms with E-state index in [2.05, 4.69) is 5.32 Å². The molecule has 2 aromatic rings. The van der Waals surface area contributed by atoms with Gasteiger partial charge in [-0.1, -0.05) is 35.3 Å². The molecule has 27 heavy (non-hydrogen) atoms. The molecule has 0 unspecified atom stereocenters. The van der Waals surface area contributed by atoms with Crippen LogP contribution in [0.25, 0.3) is 0 Å². The molecule has 0 spiro atoms. The normalized spacial score (nSPS) is 13.7. The highest BCUT2D eigenvalue weighted by molar-refractivity contribution is 6.35. The Bertz CT molecular complexity index is 842. The van der Waals surface area contributed by atoms with Crippen LogP contribution in [-0.4, -0.2) is 25.0 Å². The zero-order valence-electron chi connectivity index (χ0n) is 14.7. The van der Waals surface area contributed by atoms with E-state index in [0.29, 0.717) is 53.9 Å². The van der Waals surface area contributed by atoms with Gasteiger partial charge in [-0.25, -0.2) is 0 Å². The van der Waals surface area contributed by atoms with Crippen LogP contribution < -0.4 is 15.0 Å². The van der Waals surface area contributed by atoms with Crippen molar-refractivity contribution in [1.82, 2.24) is 0 Å². The number of para-hydroxylation sites is 2. The predicted octanol–water partition coefficient (Wildman–Crippen LogP) is 4.92. The van der Waals surface area contributed by atoms with Crippen molar-refractivity contribution in [2.24, 2.45) is 0 Å². The molecule has 2 aromatic carbocycles. The molecule has 0 radical (unpaired) electrons. The number of carbonyl (C=O) groups is 2. The van der Waals surface area contributed by atoms with Gasteiger partial charge >= 0.3 is 0 Å². The van der Waals surface area contributed by atoms with Crippen molar-refractivity contribution in [2.45, 2.75) is 25.7 Å². The Morgan fingerprint density at radius 2 is 2.00 bits per heavy atom. The number of hydrogen-bond donors (Lipinski definition) is 1. The smallest absolute Gasteiger partial charge is 0.227 e. The molecule has 0 bridgehead atoms. The first-order chi connectivity index (χ1) is 13.0. The summed E-state index contributed by atoms with van der Waals surface area (Å²) in [5.74, 6) is 0.504. The second-order valence-electron chi connectivity index (χ2n) is 6.24. The van der Waals surface area contributed by atoms with Crippen molar-refractivity contribution in [3.05, 3.63) is 52.5 Å². The van der Waals surface area contributed by atoms with Gasteiger partial charge in [0.2, 0.25) is 11.8 Å². The van der Waals surface area contributed by atoms with Gasteiger partial charge in [0, 0.05) is 24.4 Å². The van der Waals surface area contributed by atoms with Crippen LogP contribution in [0.15, 0.2) is 42.5 Å². The van der Waals surface area contributed by atoms with Gasteiger partial charge in [0.25, 0.3) is 0 Å². The van der Waals surface area contributed by atoms with E-state index in [-0.39, 0.29) is 11.8 Å². The van der Waals surface area contributed by atoms with Gasteiger partial charge in [-0.05, 0) is 43.2 Å². The lowest BCUT2D eigenvalue weighted by Gasteiger charge is -2.20. The van der Waals surface area contributed by atoms with E-state index in [1.54, 1.807) is 23.1 Å². The third kappa shape index (κ3) is 5.15. The summed E-state index contributed by atoms with van der Waals surface area (Å²) >= 11 is 11.9. The van der Waals surface area contributed by atoms with Gasteiger partial charge < -0.3 is 15.0 Å². The van der Waals surface area contributed by atoms with Crippen LogP contribution in [-0.2, 0) is 9.59 Å². The van der Waals surface area contributed by atoms with Gasteiger partial charge in [-0.3, -0.25) is 9.59 Å². The predicted molar refractivity (Wildman–Crippen MR) is 108 cm³/mol. The summed E-state index contributed by atoms with van der Waals surface area (Å²) in [5.41, 5.74) is 1.40. The second-order valence-corrected chi connectivity index (χ2v) is 7.08. The van der Waals surface area contributed by atoms with E-state index in [0.717, 1.165) is 12.1 Å². The molecular formula is C20H20Cl2N2O3. The minimum atomic E-state index is -0.125. The number of benzene rings is 2. The maximum Gasteiger partial charge on any atom is 0.227 e. The zero-order valence-corrected chi connectivity index (χ0v) is 16.2. The topological polar surface area (TPSA) is 58.6 Å². The highest BCUT2D eigenvalue weighted by atomic mass is 35.5.